The zero-order valence-electron chi connectivity index (χ0n) is 21.4. The number of esters is 2. The fraction of sp³-hybridized carbons (Fsp3) is 0.0968. The fourth-order valence-corrected chi connectivity index (χ4v) is 3.75. The van der Waals surface area contributed by atoms with Crippen LogP contribution in [0.25, 0.3) is 23.3 Å². The van der Waals surface area contributed by atoms with Crippen molar-refractivity contribution in [3.05, 3.63) is 107 Å². The van der Waals surface area contributed by atoms with E-state index in [1.54, 1.807) is 44.6 Å². The third-order valence-electron chi connectivity index (χ3n) is 5.63. The average Bonchev–Trinajstić information content (AvgIpc) is 2.92. The number of hydrogen-bond acceptors (Lipinski definition) is 6. The van der Waals surface area contributed by atoms with E-state index in [-0.39, 0.29) is 28.2 Å². The van der Waals surface area contributed by atoms with Crippen molar-refractivity contribution in [2.75, 3.05) is 14.2 Å². The summed E-state index contributed by atoms with van der Waals surface area (Å²) in [4.78, 5) is 24.6. The van der Waals surface area contributed by atoms with Crippen LogP contribution in [0.15, 0.2) is 78.9 Å². The van der Waals surface area contributed by atoms with Gasteiger partial charge in [-0.05, 0) is 65.2 Å². The van der Waals surface area contributed by atoms with Crippen LogP contribution >= 0.6 is 0 Å². The maximum Gasteiger partial charge on any atom is 0.347 e. The quantitative estimate of drug-likeness (QED) is 0.139. The lowest BCUT2D eigenvalue weighted by Gasteiger charge is -2.12. The van der Waals surface area contributed by atoms with E-state index in [2.05, 4.69) is 0 Å². The molecule has 0 amide bonds. The summed E-state index contributed by atoms with van der Waals surface area (Å²) in [5.74, 6) is -1.47. The molecule has 0 bridgehead atoms. The second-order valence-electron chi connectivity index (χ2n) is 8.37. The van der Waals surface area contributed by atoms with Crippen LogP contribution in [0.2, 0.25) is 0 Å². The minimum atomic E-state index is -0.817. The summed E-state index contributed by atoms with van der Waals surface area (Å²) in [7, 11) is 3.16. The lowest BCUT2D eigenvalue weighted by Crippen LogP contribution is -2.13. The van der Waals surface area contributed by atoms with Crippen molar-refractivity contribution >= 4 is 24.1 Å². The predicted octanol–water partition coefficient (Wildman–Crippen LogP) is 6.96. The molecular weight excluding hydrogens is 506 g/mol. The molecule has 0 aliphatic rings. The van der Waals surface area contributed by atoms with Crippen LogP contribution in [-0.4, -0.2) is 26.2 Å². The molecule has 0 heterocycles. The van der Waals surface area contributed by atoms with Gasteiger partial charge in [0.25, 0.3) is 0 Å². The monoisotopic (exact) mass is 530 g/mol. The predicted molar refractivity (Wildman–Crippen MR) is 143 cm³/mol. The summed E-state index contributed by atoms with van der Waals surface area (Å²) < 4.78 is 48.9. The Balaban J connectivity index is 1.55. The lowest BCUT2D eigenvalue weighted by molar-refractivity contribution is -0.131. The second kappa shape index (κ2) is 12.0. The van der Waals surface area contributed by atoms with Gasteiger partial charge in [-0.2, -0.15) is 0 Å². The highest BCUT2D eigenvalue weighted by Crippen LogP contribution is 2.30. The Hall–Kier alpha value is -4.98. The van der Waals surface area contributed by atoms with E-state index in [1.165, 1.54) is 31.2 Å². The molecule has 4 rings (SSSR count). The third-order valence-corrected chi connectivity index (χ3v) is 5.63. The molecule has 6 nitrogen and oxygen atoms in total. The van der Waals surface area contributed by atoms with E-state index in [0.29, 0.717) is 11.5 Å². The van der Waals surface area contributed by atoms with Gasteiger partial charge in [-0.25, -0.2) is 13.6 Å². The minimum Gasteiger partial charge on any atom is -0.497 e. The zero-order valence-corrected chi connectivity index (χ0v) is 21.4. The number of carbonyl (C=O) groups excluding carboxylic acids is 2. The van der Waals surface area contributed by atoms with Crippen molar-refractivity contribution in [2.45, 2.75) is 6.92 Å². The molecule has 0 spiro atoms. The molecule has 4 aromatic carbocycles. The van der Waals surface area contributed by atoms with Crippen LogP contribution in [0.5, 0.6) is 23.0 Å². The highest BCUT2D eigenvalue weighted by Gasteiger charge is 2.19. The first kappa shape index (κ1) is 27.1. The molecule has 0 unspecified atom stereocenters. The molecule has 0 saturated heterocycles. The SMILES string of the molecule is COc1cc(/C=C/c2ccc(OC(=O)c3cc(-c4ccc(F)cc4F)ccc3OC(C)=O)cc2)cc(OC)c1. The Bertz CT molecular complexity index is 1520. The summed E-state index contributed by atoms with van der Waals surface area (Å²) in [5, 5.41) is 0. The highest BCUT2D eigenvalue weighted by molar-refractivity contribution is 5.96. The van der Waals surface area contributed by atoms with Crippen LogP contribution in [0, 0.1) is 11.6 Å². The standard InChI is InChI=1S/C31H24F2O6/c1-19(34)38-30-13-8-22(27-12-9-23(32)17-29(27)33)16-28(30)31(35)39-24-10-6-20(7-11-24)4-5-21-14-25(36-2)18-26(15-21)37-3/h4-18H,1-3H3/b5-4+. The van der Waals surface area contributed by atoms with Crippen LogP contribution in [-0.2, 0) is 4.79 Å². The number of ether oxygens (including phenoxy) is 4. The molecule has 0 atom stereocenters. The van der Waals surface area contributed by atoms with E-state index in [1.807, 2.05) is 24.3 Å². The van der Waals surface area contributed by atoms with E-state index in [0.717, 1.165) is 23.3 Å². The Morgan fingerprint density at radius 3 is 1.97 bits per heavy atom. The van der Waals surface area contributed by atoms with E-state index in [9.17, 15) is 18.4 Å². The molecule has 0 aliphatic heterocycles. The fourth-order valence-electron chi connectivity index (χ4n) is 3.75. The molecule has 8 heteroatoms. The van der Waals surface area contributed by atoms with Gasteiger partial charge >= 0.3 is 11.9 Å². The van der Waals surface area contributed by atoms with Gasteiger partial charge in [0, 0.05) is 24.6 Å². The van der Waals surface area contributed by atoms with E-state index < -0.39 is 23.6 Å². The number of rotatable bonds is 8. The number of halogens is 2. The topological polar surface area (TPSA) is 71.1 Å². The van der Waals surface area contributed by atoms with Crippen molar-refractivity contribution in [3.8, 4) is 34.1 Å². The maximum atomic E-state index is 14.4. The van der Waals surface area contributed by atoms with Gasteiger partial charge < -0.3 is 18.9 Å². The van der Waals surface area contributed by atoms with Crippen molar-refractivity contribution in [1.29, 1.82) is 0 Å². The average molecular weight is 531 g/mol. The van der Waals surface area contributed by atoms with Crippen LogP contribution in [0.3, 0.4) is 0 Å². The number of hydrogen-bond donors (Lipinski definition) is 0. The number of methoxy groups -OCH3 is 2. The van der Waals surface area contributed by atoms with E-state index in [4.69, 9.17) is 18.9 Å². The normalized spacial score (nSPS) is 10.8. The first-order chi connectivity index (χ1) is 18.7. The molecular formula is C31H24F2O6. The molecule has 0 saturated carbocycles. The van der Waals surface area contributed by atoms with Gasteiger partial charge in [-0.3, -0.25) is 4.79 Å². The van der Waals surface area contributed by atoms with Crippen LogP contribution in [0.4, 0.5) is 8.78 Å². The Morgan fingerprint density at radius 2 is 1.36 bits per heavy atom. The minimum absolute atomic E-state index is 0.0490. The largest absolute Gasteiger partial charge is 0.497 e. The van der Waals surface area contributed by atoms with Crippen molar-refractivity contribution in [3.63, 3.8) is 0 Å². The van der Waals surface area contributed by atoms with Gasteiger partial charge in [0.15, 0.2) is 0 Å². The molecule has 0 fully saturated rings. The molecule has 0 aromatic heterocycles. The summed E-state index contributed by atoms with van der Waals surface area (Å²) in [6.07, 6.45) is 3.76. The third kappa shape index (κ3) is 6.87. The first-order valence-corrected chi connectivity index (χ1v) is 11.8. The zero-order chi connectivity index (χ0) is 27.9. The summed E-state index contributed by atoms with van der Waals surface area (Å²) in [6.45, 7) is 1.19. The van der Waals surface area contributed by atoms with Gasteiger partial charge in [0.2, 0.25) is 0 Å². The summed E-state index contributed by atoms with van der Waals surface area (Å²) in [5.41, 5.74) is 1.97. The van der Waals surface area contributed by atoms with Gasteiger partial charge in [0.1, 0.15) is 40.2 Å². The molecule has 198 valence electrons. The molecule has 39 heavy (non-hydrogen) atoms. The Labute approximate surface area is 224 Å². The van der Waals surface area contributed by atoms with E-state index >= 15 is 0 Å². The van der Waals surface area contributed by atoms with Crippen molar-refractivity contribution < 1.29 is 37.3 Å². The highest BCUT2D eigenvalue weighted by atomic mass is 19.1. The molecule has 4 aromatic rings. The summed E-state index contributed by atoms with van der Waals surface area (Å²) >= 11 is 0. The molecule has 0 aliphatic carbocycles. The first-order valence-electron chi connectivity index (χ1n) is 11.8. The number of benzene rings is 4. The van der Waals surface area contributed by atoms with Gasteiger partial charge in [0.05, 0.1) is 14.2 Å². The lowest BCUT2D eigenvalue weighted by atomic mass is 10.0. The summed E-state index contributed by atoms with van der Waals surface area (Å²) in [6, 6.07) is 19.5. The van der Waals surface area contributed by atoms with Crippen molar-refractivity contribution in [1.82, 2.24) is 0 Å². The Kier molecular flexibility index (Phi) is 8.36. The number of carbonyl (C=O) groups is 2. The van der Waals surface area contributed by atoms with Crippen LogP contribution < -0.4 is 18.9 Å². The van der Waals surface area contributed by atoms with Crippen LogP contribution in [0.1, 0.15) is 28.4 Å². The smallest absolute Gasteiger partial charge is 0.347 e. The van der Waals surface area contributed by atoms with Crippen molar-refractivity contribution in [2.24, 2.45) is 0 Å². The molecule has 0 N–H and O–H groups in total. The van der Waals surface area contributed by atoms with Gasteiger partial charge in [-0.1, -0.05) is 30.4 Å². The molecule has 0 radical (unpaired) electrons. The Morgan fingerprint density at radius 1 is 0.692 bits per heavy atom. The second-order valence-corrected chi connectivity index (χ2v) is 8.37. The van der Waals surface area contributed by atoms with Gasteiger partial charge in [-0.15, -0.1) is 0 Å². The maximum absolute atomic E-state index is 14.4.